The number of benzene rings is 3. The number of amides is 2. The van der Waals surface area contributed by atoms with Crippen molar-refractivity contribution >= 4 is 34.1 Å². The van der Waals surface area contributed by atoms with E-state index in [0.717, 1.165) is 11.1 Å². The number of fused-ring (bicyclic) bond motifs is 1. The summed E-state index contributed by atoms with van der Waals surface area (Å²) in [6.07, 6.45) is 1.81. The lowest BCUT2D eigenvalue weighted by molar-refractivity contribution is 0.101. The standard InChI is InChI=1S/C28H25N5O3/c1-17(11-12-29)19-5-4-6-20(13-19)26(34)31-22-9-7-18(2)25(15-22)32-27(35)21-8-10-24-23(14-21)28(36)33(3)16-30-24/h4-10,13-17H,11H2,1-3H3,(H,31,34)(H,32,35). The average Bonchev–Trinajstić information content (AvgIpc) is 2.88. The van der Waals surface area contributed by atoms with Gasteiger partial charge in [0.05, 0.1) is 23.3 Å². The maximum absolute atomic E-state index is 13.0. The topological polar surface area (TPSA) is 117 Å². The highest BCUT2D eigenvalue weighted by Crippen LogP contribution is 2.23. The molecule has 180 valence electrons. The van der Waals surface area contributed by atoms with Crippen LogP contribution in [0.2, 0.25) is 0 Å². The first kappa shape index (κ1) is 24.4. The van der Waals surface area contributed by atoms with E-state index in [4.69, 9.17) is 5.26 Å². The van der Waals surface area contributed by atoms with Gasteiger partial charge in [0.1, 0.15) is 0 Å². The normalized spacial score (nSPS) is 11.5. The second kappa shape index (κ2) is 10.2. The molecule has 8 nitrogen and oxygen atoms in total. The largest absolute Gasteiger partial charge is 0.322 e. The molecule has 36 heavy (non-hydrogen) atoms. The van der Waals surface area contributed by atoms with Crippen molar-refractivity contribution < 1.29 is 9.59 Å². The van der Waals surface area contributed by atoms with Crippen LogP contribution in [0.5, 0.6) is 0 Å². The number of hydrogen-bond acceptors (Lipinski definition) is 5. The average molecular weight is 480 g/mol. The number of anilines is 2. The highest BCUT2D eigenvalue weighted by atomic mass is 16.2. The third kappa shape index (κ3) is 5.15. The van der Waals surface area contributed by atoms with Gasteiger partial charge in [0.25, 0.3) is 17.4 Å². The lowest BCUT2D eigenvalue weighted by Gasteiger charge is -2.13. The molecule has 0 radical (unpaired) electrons. The van der Waals surface area contributed by atoms with Crippen molar-refractivity contribution in [3.8, 4) is 6.07 Å². The van der Waals surface area contributed by atoms with Crippen molar-refractivity contribution in [3.63, 3.8) is 0 Å². The third-order valence-electron chi connectivity index (χ3n) is 6.04. The summed E-state index contributed by atoms with van der Waals surface area (Å²) in [5.41, 5.74) is 3.87. The summed E-state index contributed by atoms with van der Waals surface area (Å²) in [7, 11) is 1.60. The third-order valence-corrected chi connectivity index (χ3v) is 6.04. The quantitative estimate of drug-likeness (QED) is 0.413. The lowest BCUT2D eigenvalue weighted by atomic mass is 9.96. The summed E-state index contributed by atoms with van der Waals surface area (Å²) in [6.45, 7) is 3.79. The molecule has 4 aromatic rings. The molecule has 3 aromatic carbocycles. The fourth-order valence-electron chi connectivity index (χ4n) is 3.83. The van der Waals surface area contributed by atoms with Crippen molar-refractivity contribution in [2.75, 3.05) is 10.6 Å². The van der Waals surface area contributed by atoms with E-state index in [0.29, 0.717) is 39.8 Å². The Morgan fingerprint density at radius 1 is 1.03 bits per heavy atom. The van der Waals surface area contributed by atoms with E-state index in [-0.39, 0.29) is 23.3 Å². The van der Waals surface area contributed by atoms with Gasteiger partial charge in [0.15, 0.2) is 0 Å². The van der Waals surface area contributed by atoms with Crippen molar-refractivity contribution in [3.05, 3.63) is 99.6 Å². The molecular weight excluding hydrogens is 454 g/mol. The summed E-state index contributed by atoms with van der Waals surface area (Å²) < 4.78 is 1.36. The van der Waals surface area contributed by atoms with Gasteiger partial charge in [-0.05, 0) is 66.4 Å². The number of aryl methyl sites for hydroxylation is 2. The fraction of sp³-hybridized carbons (Fsp3) is 0.179. The molecule has 0 saturated heterocycles. The van der Waals surface area contributed by atoms with Crippen LogP contribution in [0.4, 0.5) is 11.4 Å². The molecule has 2 amide bonds. The summed E-state index contributed by atoms with van der Waals surface area (Å²) in [5.74, 6) is -0.649. The first-order valence-electron chi connectivity index (χ1n) is 11.4. The zero-order valence-electron chi connectivity index (χ0n) is 20.2. The molecular formula is C28H25N5O3. The molecule has 8 heteroatoms. The van der Waals surface area contributed by atoms with Crippen molar-refractivity contribution in [2.24, 2.45) is 7.05 Å². The Morgan fingerprint density at radius 2 is 1.78 bits per heavy atom. The predicted molar refractivity (Wildman–Crippen MR) is 139 cm³/mol. The molecule has 1 unspecified atom stereocenters. The molecule has 0 aliphatic heterocycles. The zero-order chi connectivity index (χ0) is 25.8. The number of carbonyl (C=O) groups excluding carboxylic acids is 2. The van der Waals surface area contributed by atoms with E-state index in [1.165, 1.54) is 17.0 Å². The monoisotopic (exact) mass is 479 g/mol. The molecule has 0 aliphatic rings. The Morgan fingerprint density at radius 3 is 2.56 bits per heavy atom. The van der Waals surface area contributed by atoms with Crippen molar-refractivity contribution in [1.29, 1.82) is 5.26 Å². The Balaban J connectivity index is 1.53. The molecule has 4 rings (SSSR count). The predicted octanol–water partition coefficient (Wildman–Crippen LogP) is 4.76. The molecule has 0 saturated carbocycles. The van der Waals surface area contributed by atoms with Crippen LogP contribution in [0.1, 0.15) is 51.1 Å². The van der Waals surface area contributed by atoms with E-state index in [1.54, 1.807) is 55.6 Å². The van der Waals surface area contributed by atoms with E-state index < -0.39 is 0 Å². The van der Waals surface area contributed by atoms with Gasteiger partial charge in [-0.15, -0.1) is 0 Å². The summed E-state index contributed by atoms with van der Waals surface area (Å²) in [5, 5.41) is 15.0. The van der Waals surface area contributed by atoms with Crippen LogP contribution in [0.25, 0.3) is 10.9 Å². The van der Waals surface area contributed by atoms with Crippen LogP contribution >= 0.6 is 0 Å². The van der Waals surface area contributed by atoms with Crippen LogP contribution in [0.15, 0.2) is 71.8 Å². The number of aromatic nitrogens is 2. The highest BCUT2D eigenvalue weighted by Gasteiger charge is 2.14. The second-order valence-electron chi connectivity index (χ2n) is 8.72. The summed E-state index contributed by atoms with van der Waals surface area (Å²) in [6, 6.07) is 19.4. The molecule has 1 heterocycles. The minimum Gasteiger partial charge on any atom is -0.322 e. The van der Waals surface area contributed by atoms with Gasteiger partial charge in [-0.3, -0.25) is 14.4 Å². The molecule has 0 bridgehead atoms. The van der Waals surface area contributed by atoms with Gasteiger partial charge < -0.3 is 15.2 Å². The molecule has 0 fully saturated rings. The number of nitriles is 1. The first-order chi connectivity index (χ1) is 17.3. The van der Waals surface area contributed by atoms with Crippen LogP contribution in [0.3, 0.4) is 0 Å². The summed E-state index contributed by atoms with van der Waals surface area (Å²) >= 11 is 0. The number of nitrogens with one attached hydrogen (secondary N) is 2. The fourth-order valence-corrected chi connectivity index (χ4v) is 3.83. The minimum atomic E-state index is -0.381. The number of carbonyl (C=O) groups is 2. The van der Waals surface area contributed by atoms with Crippen LogP contribution in [-0.2, 0) is 7.05 Å². The maximum atomic E-state index is 13.0. The van der Waals surface area contributed by atoms with Crippen molar-refractivity contribution in [2.45, 2.75) is 26.2 Å². The van der Waals surface area contributed by atoms with Gasteiger partial charge >= 0.3 is 0 Å². The van der Waals surface area contributed by atoms with E-state index in [2.05, 4.69) is 21.7 Å². The minimum absolute atomic E-state index is 0.0232. The van der Waals surface area contributed by atoms with Crippen LogP contribution in [-0.4, -0.2) is 21.4 Å². The van der Waals surface area contributed by atoms with Gasteiger partial charge in [0, 0.05) is 36.0 Å². The van der Waals surface area contributed by atoms with Gasteiger partial charge in [-0.2, -0.15) is 5.26 Å². The van der Waals surface area contributed by atoms with Crippen LogP contribution < -0.4 is 16.2 Å². The number of nitrogens with zero attached hydrogens (tertiary/aromatic N) is 3. The van der Waals surface area contributed by atoms with E-state index >= 15 is 0 Å². The van der Waals surface area contributed by atoms with Crippen molar-refractivity contribution in [1.82, 2.24) is 9.55 Å². The molecule has 0 aliphatic carbocycles. The Kier molecular flexibility index (Phi) is 6.93. The Hall–Kier alpha value is -4.77. The lowest BCUT2D eigenvalue weighted by Crippen LogP contribution is -2.18. The Labute approximate surface area is 208 Å². The maximum Gasteiger partial charge on any atom is 0.260 e. The van der Waals surface area contributed by atoms with Gasteiger partial charge in [-0.25, -0.2) is 4.98 Å². The highest BCUT2D eigenvalue weighted by molar-refractivity contribution is 6.08. The SMILES string of the molecule is Cc1ccc(NC(=O)c2cccc(C(C)CC#N)c2)cc1NC(=O)c1ccc2ncn(C)c(=O)c2c1. The molecule has 1 aromatic heterocycles. The molecule has 2 N–H and O–H groups in total. The molecule has 0 spiro atoms. The van der Waals surface area contributed by atoms with Gasteiger partial charge in [0.2, 0.25) is 0 Å². The summed E-state index contributed by atoms with van der Waals surface area (Å²) in [4.78, 5) is 42.4. The molecule has 1 atom stereocenters. The van der Waals surface area contributed by atoms with Crippen LogP contribution in [0, 0.1) is 18.3 Å². The second-order valence-corrected chi connectivity index (χ2v) is 8.72. The first-order valence-corrected chi connectivity index (χ1v) is 11.4. The zero-order valence-corrected chi connectivity index (χ0v) is 20.2. The van der Waals surface area contributed by atoms with Gasteiger partial charge in [-0.1, -0.05) is 25.1 Å². The Bertz CT molecular complexity index is 1580. The number of rotatable bonds is 6. The van der Waals surface area contributed by atoms with E-state index in [9.17, 15) is 14.4 Å². The number of hydrogen-bond donors (Lipinski definition) is 2. The smallest absolute Gasteiger partial charge is 0.260 e. The van der Waals surface area contributed by atoms with E-state index in [1.807, 2.05) is 19.9 Å².